The SMILES string of the molecule is CCc1ccc(C(C)(C)C(=O)C(C(=O)OC)c2ccc(C#N)cc2[N+](=O)[O-])cc1I. The van der Waals surface area contributed by atoms with Crippen LogP contribution in [0.5, 0.6) is 0 Å². The molecule has 0 amide bonds. The van der Waals surface area contributed by atoms with Crippen LogP contribution in [0, 0.1) is 25.0 Å². The van der Waals surface area contributed by atoms with E-state index in [0.717, 1.165) is 28.7 Å². The lowest BCUT2D eigenvalue weighted by molar-refractivity contribution is -0.385. The molecule has 2 aromatic carbocycles. The number of Topliss-reactive ketones (excluding diaryl/α,β-unsaturated/α-hetero) is 1. The number of carbonyl (C=O) groups is 2. The molecule has 2 aromatic rings. The van der Waals surface area contributed by atoms with Gasteiger partial charge in [-0.2, -0.15) is 5.26 Å². The number of nitro groups is 1. The number of aryl methyl sites for hydroxylation is 1. The molecule has 0 radical (unpaired) electrons. The van der Waals surface area contributed by atoms with Crippen LogP contribution in [0.3, 0.4) is 0 Å². The molecular formula is C22H21IN2O5. The standard InChI is InChI=1S/C22H21IN2O5/c1-5-14-7-8-15(11-17(14)23)22(2,3)20(26)19(21(27)30-4)16-9-6-13(12-24)10-18(16)25(28)29/h6-11,19H,5H2,1-4H3. The highest BCUT2D eigenvalue weighted by molar-refractivity contribution is 14.1. The third kappa shape index (κ3) is 4.51. The second-order valence-electron chi connectivity index (χ2n) is 7.25. The molecule has 8 heteroatoms. The Balaban J connectivity index is 2.64. The summed E-state index contributed by atoms with van der Waals surface area (Å²) in [7, 11) is 1.13. The van der Waals surface area contributed by atoms with Gasteiger partial charge in [0.1, 0.15) is 5.92 Å². The maximum Gasteiger partial charge on any atom is 0.321 e. The van der Waals surface area contributed by atoms with Gasteiger partial charge in [-0.1, -0.05) is 19.1 Å². The molecule has 0 fully saturated rings. The van der Waals surface area contributed by atoms with E-state index < -0.39 is 33.7 Å². The lowest BCUT2D eigenvalue weighted by atomic mass is 9.73. The van der Waals surface area contributed by atoms with Crippen molar-refractivity contribution in [2.45, 2.75) is 38.5 Å². The minimum Gasteiger partial charge on any atom is -0.468 e. The van der Waals surface area contributed by atoms with Crippen LogP contribution in [0.2, 0.25) is 0 Å². The van der Waals surface area contributed by atoms with Crippen molar-refractivity contribution in [3.05, 3.63) is 72.3 Å². The number of methoxy groups -OCH3 is 1. The van der Waals surface area contributed by atoms with Crippen molar-refractivity contribution in [3.63, 3.8) is 0 Å². The van der Waals surface area contributed by atoms with E-state index >= 15 is 0 Å². The fourth-order valence-electron chi connectivity index (χ4n) is 3.23. The molecule has 1 atom stereocenters. The molecule has 0 aliphatic carbocycles. The first-order chi connectivity index (χ1) is 14.1. The molecule has 2 rings (SSSR count). The van der Waals surface area contributed by atoms with E-state index in [9.17, 15) is 19.7 Å². The van der Waals surface area contributed by atoms with E-state index in [1.165, 1.54) is 12.1 Å². The largest absolute Gasteiger partial charge is 0.468 e. The number of nitriles is 1. The Morgan fingerprint density at radius 1 is 1.27 bits per heavy atom. The first-order valence-electron chi connectivity index (χ1n) is 9.17. The number of halogens is 1. The van der Waals surface area contributed by atoms with Crippen LogP contribution in [0.4, 0.5) is 5.69 Å². The van der Waals surface area contributed by atoms with Crippen molar-refractivity contribution in [2.75, 3.05) is 7.11 Å². The fraction of sp³-hybridized carbons (Fsp3) is 0.318. The van der Waals surface area contributed by atoms with E-state index in [1.54, 1.807) is 13.8 Å². The van der Waals surface area contributed by atoms with Crippen molar-refractivity contribution in [2.24, 2.45) is 0 Å². The number of hydrogen-bond acceptors (Lipinski definition) is 6. The van der Waals surface area contributed by atoms with Crippen molar-refractivity contribution < 1.29 is 19.2 Å². The minimum absolute atomic E-state index is 0.0606. The van der Waals surface area contributed by atoms with Gasteiger partial charge < -0.3 is 4.74 Å². The van der Waals surface area contributed by atoms with Crippen molar-refractivity contribution in [1.29, 1.82) is 5.26 Å². The highest BCUT2D eigenvalue weighted by Crippen LogP contribution is 2.37. The van der Waals surface area contributed by atoms with Crippen LogP contribution >= 0.6 is 22.6 Å². The molecule has 0 saturated carbocycles. The van der Waals surface area contributed by atoms with Gasteiger partial charge in [0.2, 0.25) is 0 Å². The van der Waals surface area contributed by atoms with E-state index in [-0.39, 0.29) is 11.1 Å². The zero-order valence-electron chi connectivity index (χ0n) is 17.1. The first-order valence-corrected chi connectivity index (χ1v) is 10.3. The monoisotopic (exact) mass is 520 g/mol. The van der Waals surface area contributed by atoms with Gasteiger partial charge in [-0.05, 0) is 72.2 Å². The number of carbonyl (C=O) groups excluding carboxylic acids is 2. The number of hydrogen-bond donors (Lipinski definition) is 0. The molecule has 30 heavy (non-hydrogen) atoms. The van der Waals surface area contributed by atoms with Gasteiger partial charge in [-0.3, -0.25) is 19.7 Å². The maximum atomic E-state index is 13.6. The summed E-state index contributed by atoms with van der Waals surface area (Å²) in [5, 5.41) is 20.6. The van der Waals surface area contributed by atoms with Crippen molar-refractivity contribution >= 4 is 40.0 Å². The fourth-order valence-corrected chi connectivity index (χ4v) is 4.13. The first kappa shape index (κ1) is 23.5. The van der Waals surface area contributed by atoms with Gasteiger partial charge in [0.25, 0.3) is 5.69 Å². The maximum absolute atomic E-state index is 13.6. The number of ketones is 1. The van der Waals surface area contributed by atoms with Crippen LogP contribution in [0.15, 0.2) is 36.4 Å². The van der Waals surface area contributed by atoms with Gasteiger partial charge in [0.15, 0.2) is 5.78 Å². The second kappa shape index (κ2) is 9.34. The number of nitro benzene ring substituents is 1. The zero-order chi connectivity index (χ0) is 22.6. The highest BCUT2D eigenvalue weighted by atomic mass is 127. The average molecular weight is 520 g/mol. The van der Waals surface area contributed by atoms with E-state index in [4.69, 9.17) is 10.00 Å². The molecule has 0 bridgehead atoms. The highest BCUT2D eigenvalue weighted by Gasteiger charge is 2.43. The number of ether oxygens (including phenoxy) is 1. The molecule has 0 N–H and O–H groups in total. The molecule has 0 aliphatic rings. The minimum atomic E-state index is -1.50. The Morgan fingerprint density at radius 3 is 2.43 bits per heavy atom. The molecule has 0 spiro atoms. The zero-order valence-corrected chi connectivity index (χ0v) is 19.2. The predicted octanol–water partition coefficient (Wildman–Crippen LogP) is 4.44. The molecule has 7 nitrogen and oxygen atoms in total. The van der Waals surface area contributed by atoms with E-state index in [2.05, 4.69) is 22.6 Å². The van der Waals surface area contributed by atoms with Crippen molar-refractivity contribution in [3.8, 4) is 6.07 Å². The topological polar surface area (TPSA) is 110 Å². The Bertz CT molecular complexity index is 1060. The molecule has 0 aromatic heterocycles. The summed E-state index contributed by atoms with van der Waals surface area (Å²) in [6.07, 6.45) is 0.842. The molecule has 0 saturated heterocycles. The van der Waals surface area contributed by atoms with Crippen LogP contribution in [0.25, 0.3) is 0 Å². The van der Waals surface area contributed by atoms with Gasteiger partial charge in [-0.25, -0.2) is 0 Å². The summed E-state index contributed by atoms with van der Waals surface area (Å²) in [6, 6.07) is 11.2. The summed E-state index contributed by atoms with van der Waals surface area (Å²) in [5.74, 6) is -2.91. The third-order valence-corrected chi connectivity index (χ3v) is 6.14. The Morgan fingerprint density at radius 2 is 1.93 bits per heavy atom. The number of rotatable bonds is 7. The van der Waals surface area contributed by atoms with Crippen LogP contribution in [-0.4, -0.2) is 23.8 Å². The summed E-state index contributed by atoms with van der Waals surface area (Å²) in [6.45, 7) is 5.39. The Labute approximate surface area is 188 Å². The third-order valence-electron chi connectivity index (χ3n) is 5.14. The van der Waals surface area contributed by atoms with Gasteiger partial charge in [0, 0.05) is 15.1 Å². The summed E-state index contributed by atoms with van der Waals surface area (Å²) >= 11 is 2.20. The van der Waals surface area contributed by atoms with E-state index in [1.807, 2.05) is 31.2 Å². The smallest absolute Gasteiger partial charge is 0.321 e. The Hall–Kier alpha value is -2.80. The molecule has 156 valence electrons. The lowest BCUT2D eigenvalue weighted by Crippen LogP contribution is -2.38. The van der Waals surface area contributed by atoms with Crippen LogP contribution in [-0.2, 0) is 26.2 Å². The molecular weight excluding hydrogens is 499 g/mol. The summed E-state index contributed by atoms with van der Waals surface area (Å²) in [4.78, 5) is 37.1. The van der Waals surface area contributed by atoms with Crippen molar-refractivity contribution in [1.82, 2.24) is 0 Å². The van der Waals surface area contributed by atoms with E-state index in [0.29, 0.717) is 5.56 Å². The number of nitrogens with zero attached hydrogens (tertiary/aromatic N) is 2. The van der Waals surface area contributed by atoms with Crippen LogP contribution in [0.1, 0.15) is 48.9 Å². The number of esters is 1. The summed E-state index contributed by atoms with van der Waals surface area (Å²) < 4.78 is 5.81. The molecule has 1 unspecified atom stereocenters. The molecule has 0 heterocycles. The molecule has 0 aliphatic heterocycles. The van der Waals surface area contributed by atoms with Gasteiger partial charge >= 0.3 is 5.97 Å². The second-order valence-corrected chi connectivity index (χ2v) is 8.41. The average Bonchev–Trinajstić information content (AvgIpc) is 2.73. The Kier molecular flexibility index (Phi) is 7.31. The lowest BCUT2D eigenvalue weighted by Gasteiger charge is -2.28. The summed E-state index contributed by atoms with van der Waals surface area (Å²) in [5.41, 5.74) is 0.209. The normalized spacial score (nSPS) is 12.0. The predicted molar refractivity (Wildman–Crippen MR) is 119 cm³/mol. The van der Waals surface area contributed by atoms with Gasteiger partial charge in [-0.15, -0.1) is 0 Å². The number of benzene rings is 2. The van der Waals surface area contributed by atoms with Gasteiger partial charge in [0.05, 0.1) is 29.2 Å². The van der Waals surface area contributed by atoms with Crippen LogP contribution < -0.4 is 0 Å². The quantitative estimate of drug-likeness (QED) is 0.176.